The number of carbonyl (C=O) groups is 1. The van der Waals surface area contributed by atoms with Gasteiger partial charge in [0.1, 0.15) is 18.0 Å². The third kappa shape index (κ3) is 1.74. The summed E-state index contributed by atoms with van der Waals surface area (Å²) in [5.74, 6) is -1.86. The summed E-state index contributed by atoms with van der Waals surface area (Å²) >= 11 is 0. The number of benzene rings is 1. The summed E-state index contributed by atoms with van der Waals surface area (Å²) in [6.45, 7) is 2.03. The van der Waals surface area contributed by atoms with Gasteiger partial charge in [-0.1, -0.05) is 0 Å². The minimum absolute atomic E-state index is 0.0357. The third-order valence-electron chi connectivity index (χ3n) is 4.84. The van der Waals surface area contributed by atoms with Crippen LogP contribution in [0.1, 0.15) is 41.7 Å². The van der Waals surface area contributed by atoms with E-state index in [1.165, 1.54) is 6.20 Å². The van der Waals surface area contributed by atoms with Gasteiger partial charge in [0.25, 0.3) is 0 Å². The van der Waals surface area contributed by atoms with E-state index in [4.69, 9.17) is 4.74 Å². The predicted molar refractivity (Wildman–Crippen MR) is 81.9 cm³/mol. The number of hydrogen-bond donors (Lipinski definition) is 1. The fourth-order valence-electron chi connectivity index (χ4n) is 3.37. The van der Waals surface area contributed by atoms with Crippen molar-refractivity contribution in [2.45, 2.75) is 31.2 Å². The average molecular weight is 328 g/mol. The van der Waals surface area contributed by atoms with Crippen molar-refractivity contribution in [2.24, 2.45) is 0 Å². The largest absolute Gasteiger partial charge is 0.489 e. The molecule has 1 saturated carbocycles. The van der Waals surface area contributed by atoms with Crippen molar-refractivity contribution in [3.8, 4) is 11.8 Å². The molecule has 1 aliphatic heterocycles. The fraction of sp³-hybridized carbons (Fsp3) is 0.353. The maximum Gasteiger partial charge on any atom is 0.341 e. The van der Waals surface area contributed by atoms with Crippen LogP contribution in [0, 0.1) is 17.1 Å². The Morgan fingerprint density at radius 2 is 2.25 bits per heavy atom. The van der Waals surface area contributed by atoms with Crippen molar-refractivity contribution in [1.82, 2.24) is 4.57 Å². The van der Waals surface area contributed by atoms with E-state index >= 15 is 0 Å². The van der Waals surface area contributed by atoms with Crippen LogP contribution in [-0.2, 0) is 5.41 Å². The van der Waals surface area contributed by atoms with E-state index in [0.29, 0.717) is 18.4 Å². The molecule has 4 rings (SSSR count). The molecule has 2 aromatic rings. The number of pyridine rings is 1. The van der Waals surface area contributed by atoms with Gasteiger partial charge in [-0.15, -0.1) is 0 Å². The first-order chi connectivity index (χ1) is 11.4. The number of halogens is 1. The van der Waals surface area contributed by atoms with Gasteiger partial charge in [-0.05, 0) is 25.8 Å². The molecule has 2 heterocycles. The Morgan fingerprint density at radius 1 is 1.54 bits per heavy atom. The maximum atomic E-state index is 14.7. The van der Waals surface area contributed by atoms with Crippen molar-refractivity contribution in [2.75, 3.05) is 6.61 Å². The number of rotatable bonds is 2. The molecule has 0 saturated heterocycles. The summed E-state index contributed by atoms with van der Waals surface area (Å²) in [6.07, 6.45) is 2.35. The van der Waals surface area contributed by atoms with Crippen LogP contribution < -0.4 is 10.2 Å². The average Bonchev–Trinajstić information content (AvgIpc) is 3.33. The van der Waals surface area contributed by atoms with Crippen LogP contribution in [0.2, 0.25) is 0 Å². The second kappa shape index (κ2) is 4.57. The second-order valence-electron chi connectivity index (χ2n) is 6.40. The van der Waals surface area contributed by atoms with Crippen LogP contribution in [0.4, 0.5) is 4.39 Å². The molecule has 1 aromatic heterocycles. The van der Waals surface area contributed by atoms with E-state index in [-0.39, 0.29) is 29.3 Å². The van der Waals surface area contributed by atoms with Crippen LogP contribution in [0.5, 0.6) is 5.75 Å². The molecule has 0 amide bonds. The summed E-state index contributed by atoms with van der Waals surface area (Å²) in [5, 5.41) is 18.6. The molecule has 1 aliphatic carbocycles. The van der Waals surface area contributed by atoms with Crippen LogP contribution in [0.25, 0.3) is 10.9 Å². The van der Waals surface area contributed by atoms with Gasteiger partial charge in [0.15, 0.2) is 5.75 Å². The van der Waals surface area contributed by atoms with Crippen LogP contribution in [-0.4, -0.2) is 22.2 Å². The first-order valence-corrected chi connectivity index (χ1v) is 7.59. The van der Waals surface area contributed by atoms with Crippen molar-refractivity contribution < 1.29 is 19.0 Å². The van der Waals surface area contributed by atoms with E-state index in [0.717, 1.165) is 6.07 Å². The lowest BCUT2D eigenvalue weighted by molar-refractivity contribution is 0.0694. The molecule has 1 aromatic carbocycles. The van der Waals surface area contributed by atoms with Gasteiger partial charge in [-0.3, -0.25) is 4.79 Å². The molecule has 1 atom stereocenters. The number of nitriles is 1. The first-order valence-electron chi connectivity index (χ1n) is 7.59. The van der Waals surface area contributed by atoms with E-state index in [1.807, 2.05) is 6.92 Å². The minimum Gasteiger partial charge on any atom is -0.489 e. The van der Waals surface area contributed by atoms with E-state index < -0.39 is 28.2 Å². The van der Waals surface area contributed by atoms with Gasteiger partial charge < -0.3 is 14.4 Å². The number of carboxylic acids is 1. The van der Waals surface area contributed by atoms with E-state index in [9.17, 15) is 24.3 Å². The molecular weight excluding hydrogens is 315 g/mol. The number of hydrogen-bond acceptors (Lipinski definition) is 4. The third-order valence-corrected chi connectivity index (χ3v) is 4.84. The monoisotopic (exact) mass is 328 g/mol. The van der Waals surface area contributed by atoms with Crippen LogP contribution in [0.3, 0.4) is 0 Å². The molecule has 122 valence electrons. The minimum atomic E-state index is -1.36. The van der Waals surface area contributed by atoms with E-state index in [1.54, 1.807) is 4.57 Å². The molecule has 0 spiro atoms. The highest BCUT2D eigenvalue weighted by atomic mass is 19.1. The summed E-state index contributed by atoms with van der Waals surface area (Å²) in [5.41, 5.74) is -1.53. The Balaban J connectivity index is 2.19. The zero-order valence-corrected chi connectivity index (χ0v) is 12.8. The Labute approximate surface area is 135 Å². The van der Waals surface area contributed by atoms with Crippen molar-refractivity contribution in [3.63, 3.8) is 0 Å². The highest BCUT2D eigenvalue weighted by Gasteiger charge is 2.50. The summed E-state index contributed by atoms with van der Waals surface area (Å²) in [4.78, 5) is 23.8. The van der Waals surface area contributed by atoms with Crippen molar-refractivity contribution in [1.29, 1.82) is 5.26 Å². The molecule has 0 radical (unpaired) electrons. The second-order valence-corrected chi connectivity index (χ2v) is 6.40. The number of ether oxygens (including phenoxy) is 1. The molecule has 1 N–H and O–H groups in total. The molecule has 6 nitrogen and oxygen atoms in total. The zero-order chi connectivity index (χ0) is 17.2. The number of nitrogens with zero attached hydrogens (tertiary/aromatic N) is 2. The lowest BCUT2D eigenvalue weighted by Crippen LogP contribution is -2.28. The van der Waals surface area contributed by atoms with Crippen molar-refractivity contribution >= 4 is 16.9 Å². The number of aromatic carboxylic acids is 1. The lowest BCUT2D eigenvalue weighted by atomic mass is 9.93. The highest BCUT2D eigenvalue weighted by molar-refractivity contribution is 5.95. The smallest absolute Gasteiger partial charge is 0.341 e. The topological polar surface area (TPSA) is 92.3 Å². The lowest BCUT2D eigenvalue weighted by Gasteiger charge is -2.29. The summed E-state index contributed by atoms with van der Waals surface area (Å²) < 4.78 is 22.1. The molecule has 24 heavy (non-hydrogen) atoms. The predicted octanol–water partition coefficient (Wildman–Crippen LogP) is 2.35. The van der Waals surface area contributed by atoms with Gasteiger partial charge in [-0.25, -0.2) is 9.18 Å². The van der Waals surface area contributed by atoms with Gasteiger partial charge in [-0.2, -0.15) is 5.26 Å². The Morgan fingerprint density at radius 3 is 2.83 bits per heavy atom. The highest BCUT2D eigenvalue weighted by Crippen LogP contribution is 2.54. The van der Waals surface area contributed by atoms with Crippen molar-refractivity contribution in [3.05, 3.63) is 39.4 Å². The molecule has 0 bridgehead atoms. The van der Waals surface area contributed by atoms with Crippen LogP contribution in [0.15, 0.2) is 17.1 Å². The molecule has 7 heteroatoms. The number of aromatic nitrogens is 1. The Bertz CT molecular complexity index is 1010. The Hall–Kier alpha value is -2.88. The molecule has 2 aliphatic rings. The normalized spacial score (nSPS) is 20.3. The first kappa shape index (κ1) is 14.7. The van der Waals surface area contributed by atoms with Gasteiger partial charge >= 0.3 is 5.97 Å². The molecule has 1 fully saturated rings. The molecular formula is C17H13FN2O4. The maximum absolute atomic E-state index is 14.7. The standard InChI is InChI=1S/C17H13FN2O4/c1-8-6-24-15-12(17(7-19)2-3-17)11(18)4-9-13(15)20(8)5-10(14(9)21)16(22)23/h4-5,8H,2-3,6H2,1H3,(H,22,23)/t8-/m0/s1. The van der Waals surface area contributed by atoms with Gasteiger partial charge in [0.2, 0.25) is 5.43 Å². The quantitative estimate of drug-likeness (QED) is 0.913. The molecule has 0 unspecified atom stereocenters. The fourth-order valence-corrected chi connectivity index (χ4v) is 3.37. The van der Waals surface area contributed by atoms with Gasteiger partial charge in [0, 0.05) is 6.20 Å². The summed E-state index contributed by atoms with van der Waals surface area (Å²) in [7, 11) is 0. The zero-order valence-electron chi connectivity index (χ0n) is 12.8. The SMILES string of the molecule is C[C@H]1COc2c(C3(C#N)CC3)c(F)cc3c(=O)c(C(=O)O)cn1c23. The van der Waals surface area contributed by atoms with E-state index in [2.05, 4.69) is 6.07 Å². The van der Waals surface area contributed by atoms with Gasteiger partial charge in [0.05, 0.1) is 34.0 Å². The number of carboxylic acid groups (broad SMARTS) is 1. The summed E-state index contributed by atoms with van der Waals surface area (Å²) in [6, 6.07) is 2.97. The Kier molecular flexibility index (Phi) is 2.80. The van der Waals surface area contributed by atoms with Crippen LogP contribution >= 0.6 is 0 Å².